The first-order valence-corrected chi connectivity index (χ1v) is 3.38. The zero-order chi connectivity index (χ0) is 9.14. The molecule has 1 rings (SSSR count). The Kier molecular flexibility index (Phi) is 2.30. The molecule has 4 heteroatoms. The number of phenolic OH excluding ortho intramolecular Hbond substituents is 1. The van der Waals surface area contributed by atoms with E-state index in [0.29, 0.717) is 11.3 Å². The Balaban J connectivity index is 3.10. The lowest BCUT2D eigenvalue weighted by Crippen LogP contribution is -2.56. The van der Waals surface area contributed by atoms with Crippen molar-refractivity contribution in [3.05, 3.63) is 23.8 Å². The molecule has 4 nitrogen and oxygen atoms in total. The van der Waals surface area contributed by atoms with Crippen molar-refractivity contribution in [2.75, 3.05) is 7.11 Å². The maximum atomic E-state index is 10.7. The number of ether oxygens (including phenoxy) is 1. The molecule has 0 unspecified atom stereocenters. The number of quaternary nitrogens is 1. The molecule has 0 spiro atoms. The Morgan fingerprint density at radius 2 is 2.25 bits per heavy atom. The highest BCUT2D eigenvalue weighted by Gasteiger charge is 2.07. The maximum absolute atomic E-state index is 10.7. The number of phenols is 1. The number of hydrogen-bond acceptors (Lipinski definition) is 3. The van der Waals surface area contributed by atoms with Gasteiger partial charge in [-0.25, -0.2) is 4.79 Å². The van der Waals surface area contributed by atoms with E-state index in [-0.39, 0.29) is 11.7 Å². The molecule has 0 aliphatic heterocycles. The summed E-state index contributed by atoms with van der Waals surface area (Å²) in [7, 11) is 1.45. The van der Waals surface area contributed by atoms with Gasteiger partial charge < -0.3 is 9.84 Å². The van der Waals surface area contributed by atoms with Crippen molar-refractivity contribution in [1.29, 1.82) is 0 Å². The fourth-order valence-corrected chi connectivity index (χ4v) is 0.863. The molecule has 1 aromatic carbocycles. The molecule has 0 bridgehead atoms. The van der Waals surface area contributed by atoms with E-state index in [1.165, 1.54) is 19.2 Å². The summed E-state index contributed by atoms with van der Waals surface area (Å²) in [4.78, 5) is 10.7. The summed E-state index contributed by atoms with van der Waals surface area (Å²) in [5.41, 5.74) is 3.58. The third-order valence-electron chi connectivity index (χ3n) is 1.50. The number of rotatable bonds is 2. The zero-order valence-electron chi connectivity index (χ0n) is 6.70. The SMILES string of the molecule is COc1ccc(C([NH3+])=O)cc1O. The Labute approximate surface area is 69.6 Å². The summed E-state index contributed by atoms with van der Waals surface area (Å²) in [6, 6.07) is 4.40. The van der Waals surface area contributed by atoms with E-state index in [1.807, 2.05) is 0 Å². The van der Waals surface area contributed by atoms with Gasteiger partial charge in [0.25, 0.3) is 0 Å². The van der Waals surface area contributed by atoms with Crippen LogP contribution in [0.15, 0.2) is 18.2 Å². The van der Waals surface area contributed by atoms with E-state index in [4.69, 9.17) is 4.74 Å². The van der Waals surface area contributed by atoms with Crippen molar-refractivity contribution in [1.82, 2.24) is 0 Å². The highest BCUT2D eigenvalue weighted by atomic mass is 16.5. The monoisotopic (exact) mass is 168 g/mol. The molecule has 64 valence electrons. The molecule has 0 saturated carbocycles. The van der Waals surface area contributed by atoms with Gasteiger partial charge in [-0.15, -0.1) is 0 Å². The van der Waals surface area contributed by atoms with Gasteiger partial charge in [-0.2, -0.15) is 0 Å². The topological polar surface area (TPSA) is 74.2 Å². The van der Waals surface area contributed by atoms with Gasteiger partial charge in [0.2, 0.25) is 0 Å². The third kappa shape index (κ3) is 1.54. The molecular weight excluding hydrogens is 158 g/mol. The first-order chi connectivity index (χ1) is 5.65. The largest absolute Gasteiger partial charge is 0.504 e. The van der Waals surface area contributed by atoms with Gasteiger partial charge in [-0.05, 0) is 12.1 Å². The van der Waals surface area contributed by atoms with E-state index in [9.17, 15) is 9.90 Å². The second-order valence-electron chi connectivity index (χ2n) is 2.31. The summed E-state index contributed by atoms with van der Waals surface area (Å²) in [5.74, 6) is -0.0278. The van der Waals surface area contributed by atoms with Crippen LogP contribution in [0, 0.1) is 0 Å². The van der Waals surface area contributed by atoms with Crippen molar-refractivity contribution in [2.45, 2.75) is 0 Å². The number of methoxy groups -OCH3 is 1. The highest BCUT2D eigenvalue weighted by Crippen LogP contribution is 2.25. The molecule has 0 heterocycles. The van der Waals surface area contributed by atoms with Crippen molar-refractivity contribution < 1.29 is 20.4 Å². The van der Waals surface area contributed by atoms with Crippen molar-refractivity contribution in [2.24, 2.45) is 0 Å². The average molecular weight is 168 g/mol. The van der Waals surface area contributed by atoms with Crippen molar-refractivity contribution in [3.63, 3.8) is 0 Å². The quantitative estimate of drug-likeness (QED) is 0.641. The summed E-state index contributed by atoms with van der Waals surface area (Å²) in [6.45, 7) is 0. The molecule has 4 N–H and O–H groups in total. The zero-order valence-corrected chi connectivity index (χ0v) is 6.70. The van der Waals surface area contributed by atoms with E-state index < -0.39 is 0 Å². The first kappa shape index (κ1) is 8.55. The van der Waals surface area contributed by atoms with Gasteiger partial charge in [0.05, 0.1) is 12.7 Å². The van der Waals surface area contributed by atoms with Gasteiger partial charge in [0.15, 0.2) is 11.5 Å². The lowest BCUT2D eigenvalue weighted by Gasteiger charge is -2.02. The number of carbonyl (C=O) groups excluding carboxylic acids is 1. The van der Waals surface area contributed by atoms with Crippen LogP contribution in [-0.2, 0) is 0 Å². The third-order valence-corrected chi connectivity index (χ3v) is 1.50. The average Bonchev–Trinajstić information content (AvgIpc) is 2.04. The van der Waals surface area contributed by atoms with Gasteiger partial charge in [0, 0.05) is 6.07 Å². The Morgan fingerprint density at radius 3 is 2.67 bits per heavy atom. The Morgan fingerprint density at radius 1 is 1.58 bits per heavy atom. The number of aromatic hydroxyl groups is 1. The fourth-order valence-electron chi connectivity index (χ4n) is 0.863. The van der Waals surface area contributed by atoms with Crippen LogP contribution in [-0.4, -0.2) is 18.1 Å². The van der Waals surface area contributed by atoms with Crippen LogP contribution in [0.5, 0.6) is 11.5 Å². The smallest absolute Gasteiger partial charge is 0.341 e. The predicted octanol–water partition coefficient (Wildman–Crippen LogP) is -0.217. The van der Waals surface area contributed by atoms with Gasteiger partial charge >= 0.3 is 5.91 Å². The number of carbonyl (C=O) groups is 1. The molecular formula is C8H10NO3+. The van der Waals surface area contributed by atoms with Crippen LogP contribution < -0.4 is 10.5 Å². The lowest BCUT2D eigenvalue weighted by atomic mass is 10.2. The molecule has 0 radical (unpaired) electrons. The van der Waals surface area contributed by atoms with E-state index in [2.05, 4.69) is 5.73 Å². The summed E-state index contributed by atoms with van der Waals surface area (Å²) in [6.07, 6.45) is 0. The highest BCUT2D eigenvalue weighted by molar-refractivity contribution is 5.86. The lowest BCUT2D eigenvalue weighted by molar-refractivity contribution is -0.255. The van der Waals surface area contributed by atoms with Crippen molar-refractivity contribution in [3.8, 4) is 11.5 Å². The fraction of sp³-hybridized carbons (Fsp3) is 0.125. The van der Waals surface area contributed by atoms with E-state index >= 15 is 0 Å². The van der Waals surface area contributed by atoms with E-state index in [0.717, 1.165) is 0 Å². The minimum Gasteiger partial charge on any atom is -0.504 e. The molecule has 12 heavy (non-hydrogen) atoms. The van der Waals surface area contributed by atoms with E-state index in [1.54, 1.807) is 6.07 Å². The van der Waals surface area contributed by atoms with Crippen LogP contribution in [0.4, 0.5) is 0 Å². The number of hydrogen-bond donors (Lipinski definition) is 2. The molecule has 0 aliphatic carbocycles. The minimum atomic E-state index is -0.326. The Hall–Kier alpha value is -1.55. The Bertz CT molecular complexity index is 309. The predicted molar refractivity (Wildman–Crippen MR) is 41.9 cm³/mol. The molecule has 0 aliphatic rings. The second-order valence-corrected chi connectivity index (χ2v) is 2.31. The maximum Gasteiger partial charge on any atom is 0.341 e. The second kappa shape index (κ2) is 3.23. The van der Waals surface area contributed by atoms with Gasteiger partial charge in [-0.3, -0.25) is 5.73 Å². The molecule has 0 saturated heterocycles. The standard InChI is InChI=1S/C8H9NO3/c1-12-7-3-2-5(8(9)11)4-6(7)10/h2-4,10H,1H3,(H2,9,11)/p+1. The number of amides is 1. The minimum absolute atomic E-state index is 0.0491. The molecule has 0 atom stereocenters. The summed E-state index contributed by atoms with van der Waals surface area (Å²) < 4.78 is 4.80. The normalized spacial score (nSPS) is 9.50. The van der Waals surface area contributed by atoms with Crippen LogP contribution in [0.1, 0.15) is 10.4 Å². The van der Waals surface area contributed by atoms with Crippen molar-refractivity contribution >= 4 is 5.91 Å². The van der Waals surface area contributed by atoms with Crippen LogP contribution >= 0.6 is 0 Å². The summed E-state index contributed by atoms with van der Waals surface area (Å²) in [5, 5.41) is 9.24. The number of benzene rings is 1. The summed E-state index contributed by atoms with van der Waals surface area (Å²) >= 11 is 0. The van der Waals surface area contributed by atoms with Gasteiger partial charge in [-0.1, -0.05) is 0 Å². The van der Waals surface area contributed by atoms with Crippen LogP contribution in [0.25, 0.3) is 0 Å². The van der Waals surface area contributed by atoms with Gasteiger partial charge in [0.1, 0.15) is 0 Å². The van der Waals surface area contributed by atoms with Crippen LogP contribution in [0.2, 0.25) is 0 Å². The van der Waals surface area contributed by atoms with Crippen LogP contribution in [0.3, 0.4) is 0 Å². The molecule has 0 aromatic heterocycles. The molecule has 1 amide bonds. The first-order valence-electron chi connectivity index (χ1n) is 3.38. The molecule has 0 fully saturated rings. The molecule has 1 aromatic rings.